The van der Waals surface area contributed by atoms with Crippen LogP contribution in [0.2, 0.25) is 0 Å². The van der Waals surface area contributed by atoms with E-state index in [4.69, 9.17) is 18.9 Å². The average Bonchev–Trinajstić information content (AvgIpc) is 3.25. The number of nitrogens with one attached hydrogen (secondary N) is 2. The molecule has 0 aliphatic rings. The van der Waals surface area contributed by atoms with Gasteiger partial charge >= 0.3 is 5.97 Å². The quantitative estimate of drug-likeness (QED) is 0.240. The number of amides is 1. The first kappa shape index (κ1) is 22.3. The molecule has 0 atom stereocenters. The van der Waals surface area contributed by atoms with E-state index in [0.29, 0.717) is 28.6 Å². The number of methoxy groups -OCH3 is 3. The number of benzene rings is 2. The zero-order valence-electron chi connectivity index (χ0n) is 18.0. The Balaban J connectivity index is 1.64. The van der Waals surface area contributed by atoms with Gasteiger partial charge in [0.25, 0.3) is 5.91 Å². The molecule has 0 unspecified atom stereocenters. The minimum atomic E-state index is -0.591. The van der Waals surface area contributed by atoms with Crippen LogP contribution >= 0.6 is 0 Å². The Morgan fingerprint density at radius 3 is 2.19 bits per heavy atom. The van der Waals surface area contributed by atoms with Gasteiger partial charge in [0.15, 0.2) is 17.2 Å². The molecule has 166 valence electrons. The summed E-state index contributed by atoms with van der Waals surface area (Å²) in [4.78, 5) is 24.5. The highest BCUT2D eigenvalue weighted by Gasteiger charge is 2.18. The van der Waals surface area contributed by atoms with Crippen molar-refractivity contribution in [2.24, 2.45) is 5.10 Å². The molecule has 32 heavy (non-hydrogen) atoms. The lowest BCUT2D eigenvalue weighted by atomic mass is 10.2. The zero-order valence-corrected chi connectivity index (χ0v) is 18.0. The predicted molar refractivity (Wildman–Crippen MR) is 116 cm³/mol. The number of carbonyl (C=O) groups is 2. The third kappa shape index (κ3) is 5.22. The van der Waals surface area contributed by atoms with Gasteiger partial charge in [-0.05, 0) is 55.0 Å². The first-order chi connectivity index (χ1) is 15.4. The Kier molecular flexibility index (Phi) is 7.06. The number of ether oxygens (including phenoxy) is 4. The number of aromatic nitrogens is 2. The molecule has 0 spiro atoms. The van der Waals surface area contributed by atoms with Crippen molar-refractivity contribution < 1.29 is 28.5 Å². The molecular formula is C22H22N4O6. The summed E-state index contributed by atoms with van der Waals surface area (Å²) in [7, 11) is 4.41. The molecule has 0 saturated carbocycles. The number of hydrogen-bond donors (Lipinski definition) is 2. The fraction of sp³-hybridized carbons (Fsp3) is 0.182. The van der Waals surface area contributed by atoms with Gasteiger partial charge in [0.2, 0.25) is 5.75 Å². The Bertz CT molecular complexity index is 1110. The summed E-state index contributed by atoms with van der Waals surface area (Å²) < 4.78 is 21.2. The minimum Gasteiger partial charge on any atom is -0.493 e. The molecule has 0 aliphatic heterocycles. The molecular weight excluding hydrogens is 416 g/mol. The molecule has 3 aromatic rings. The Morgan fingerprint density at radius 1 is 1.00 bits per heavy atom. The van der Waals surface area contributed by atoms with Crippen LogP contribution in [0.25, 0.3) is 0 Å². The van der Waals surface area contributed by atoms with Gasteiger partial charge in [-0.2, -0.15) is 10.2 Å². The summed E-state index contributed by atoms with van der Waals surface area (Å²) in [5.74, 6) is 0.380. The van der Waals surface area contributed by atoms with Gasteiger partial charge in [0, 0.05) is 5.69 Å². The number of rotatable bonds is 8. The highest BCUT2D eigenvalue weighted by Crippen LogP contribution is 2.38. The molecule has 10 heteroatoms. The van der Waals surface area contributed by atoms with E-state index in [-0.39, 0.29) is 11.3 Å². The van der Waals surface area contributed by atoms with E-state index in [2.05, 4.69) is 20.7 Å². The standard InChI is InChI=1S/C22H22N4O6/c1-13-9-17(25-24-13)21(27)26-23-12-14-5-7-16(8-6-14)32-22(28)15-10-18(29-2)20(31-4)19(11-15)30-3/h5-12H,1-4H3,(H,24,25)(H,26,27). The monoisotopic (exact) mass is 438 g/mol. The van der Waals surface area contributed by atoms with Crippen LogP contribution in [0.15, 0.2) is 47.6 Å². The zero-order chi connectivity index (χ0) is 23.1. The van der Waals surface area contributed by atoms with Gasteiger partial charge < -0.3 is 18.9 Å². The molecule has 2 N–H and O–H groups in total. The van der Waals surface area contributed by atoms with Crippen LogP contribution in [0.4, 0.5) is 0 Å². The molecule has 0 bridgehead atoms. The van der Waals surface area contributed by atoms with Crippen LogP contribution in [0.1, 0.15) is 32.1 Å². The highest BCUT2D eigenvalue weighted by atomic mass is 16.5. The van der Waals surface area contributed by atoms with E-state index < -0.39 is 11.9 Å². The van der Waals surface area contributed by atoms with Gasteiger partial charge in [0.05, 0.1) is 33.1 Å². The number of carbonyl (C=O) groups excluding carboxylic acids is 2. The maximum Gasteiger partial charge on any atom is 0.343 e. The van der Waals surface area contributed by atoms with E-state index in [0.717, 1.165) is 5.69 Å². The van der Waals surface area contributed by atoms with Crippen molar-refractivity contribution in [3.8, 4) is 23.0 Å². The number of esters is 1. The Labute approximate surface area is 184 Å². The topological polar surface area (TPSA) is 124 Å². The lowest BCUT2D eigenvalue weighted by Crippen LogP contribution is -2.18. The lowest BCUT2D eigenvalue weighted by Gasteiger charge is -2.13. The molecule has 0 aliphatic carbocycles. The average molecular weight is 438 g/mol. The maximum atomic E-state index is 12.6. The number of hydrazone groups is 1. The van der Waals surface area contributed by atoms with Crippen LogP contribution in [-0.4, -0.2) is 49.6 Å². The summed E-state index contributed by atoms with van der Waals surface area (Å²) in [6.45, 7) is 1.79. The third-order valence-electron chi connectivity index (χ3n) is 4.31. The second-order valence-electron chi connectivity index (χ2n) is 6.51. The minimum absolute atomic E-state index is 0.237. The Hall–Kier alpha value is -4.34. The normalized spacial score (nSPS) is 10.6. The summed E-state index contributed by atoms with van der Waals surface area (Å²) >= 11 is 0. The van der Waals surface area contributed by atoms with E-state index in [1.54, 1.807) is 37.3 Å². The number of nitrogens with zero attached hydrogens (tertiary/aromatic N) is 2. The van der Waals surface area contributed by atoms with Crippen LogP contribution < -0.4 is 24.4 Å². The number of hydrogen-bond acceptors (Lipinski definition) is 8. The molecule has 2 aromatic carbocycles. The van der Waals surface area contributed by atoms with Crippen molar-refractivity contribution in [2.75, 3.05) is 21.3 Å². The third-order valence-corrected chi connectivity index (χ3v) is 4.31. The highest BCUT2D eigenvalue weighted by molar-refractivity contribution is 5.94. The fourth-order valence-corrected chi connectivity index (χ4v) is 2.74. The van der Waals surface area contributed by atoms with Gasteiger partial charge in [-0.25, -0.2) is 10.2 Å². The van der Waals surface area contributed by atoms with Crippen molar-refractivity contribution >= 4 is 18.1 Å². The first-order valence-corrected chi connectivity index (χ1v) is 9.42. The van der Waals surface area contributed by atoms with Gasteiger partial charge in [-0.1, -0.05) is 0 Å². The van der Waals surface area contributed by atoms with Crippen LogP contribution in [0, 0.1) is 6.92 Å². The van der Waals surface area contributed by atoms with Gasteiger partial charge in [-0.15, -0.1) is 0 Å². The van der Waals surface area contributed by atoms with Crippen molar-refractivity contribution in [2.45, 2.75) is 6.92 Å². The lowest BCUT2D eigenvalue weighted by molar-refractivity contribution is 0.0733. The van der Waals surface area contributed by atoms with E-state index in [9.17, 15) is 9.59 Å². The van der Waals surface area contributed by atoms with Crippen LogP contribution in [-0.2, 0) is 0 Å². The smallest absolute Gasteiger partial charge is 0.343 e. The van der Waals surface area contributed by atoms with Crippen LogP contribution in [0.5, 0.6) is 23.0 Å². The second-order valence-corrected chi connectivity index (χ2v) is 6.51. The SMILES string of the molecule is COc1cc(C(=O)Oc2ccc(C=NNC(=O)c3cc(C)[nH]n3)cc2)cc(OC)c1OC. The molecule has 0 fully saturated rings. The molecule has 1 amide bonds. The number of aromatic amines is 1. The predicted octanol–water partition coefficient (Wildman–Crippen LogP) is 2.73. The summed E-state index contributed by atoms with van der Waals surface area (Å²) in [5.41, 5.74) is 4.34. The Morgan fingerprint density at radius 2 is 1.66 bits per heavy atom. The summed E-state index contributed by atoms with van der Waals surface area (Å²) in [6, 6.07) is 11.2. The molecule has 10 nitrogen and oxygen atoms in total. The van der Waals surface area contributed by atoms with Crippen LogP contribution in [0.3, 0.4) is 0 Å². The maximum absolute atomic E-state index is 12.6. The van der Waals surface area contributed by atoms with E-state index in [1.807, 2.05) is 0 Å². The summed E-state index contributed by atoms with van der Waals surface area (Å²) in [6.07, 6.45) is 1.46. The molecule has 0 radical (unpaired) electrons. The molecule has 1 aromatic heterocycles. The van der Waals surface area contributed by atoms with Gasteiger partial charge in [-0.3, -0.25) is 9.89 Å². The van der Waals surface area contributed by atoms with Crippen molar-refractivity contribution in [3.05, 3.63) is 65.0 Å². The number of aryl methyl sites for hydroxylation is 1. The molecule has 0 saturated heterocycles. The van der Waals surface area contributed by atoms with Crippen molar-refractivity contribution in [3.63, 3.8) is 0 Å². The number of H-pyrrole nitrogens is 1. The molecule has 3 rings (SSSR count). The second kappa shape index (κ2) is 10.1. The van der Waals surface area contributed by atoms with Crippen molar-refractivity contribution in [1.29, 1.82) is 0 Å². The summed E-state index contributed by atoms with van der Waals surface area (Å²) in [5, 5.41) is 10.4. The first-order valence-electron chi connectivity index (χ1n) is 9.42. The molecule has 1 heterocycles. The van der Waals surface area contributed by atoms with Gasteiger partial charge in [0.1, 0.15) is 5.75 Å². The van der Waals surface area contributed by atoms with E-state index in [1.165, 1.54) is 39.7 Å². The largest absolute Gasteiger partial charge is 0.493 e. The van der Waals surface area contributed by atoms with Crippen molar-refractivity contribution in [1.82, 2.24) is 15.6 Å². The fourth-order valence-electron chi connectivity index (χ4n) is 2.74. The van der Waals surface area contributed by atoms with E-state index >= 15 is 0 Å².